The van der Waals surface area contributed by atoms with Gasteiger partial charge in [0.25, 0.3) is 0 Å². The molecule has 0 aliphatic carbocycles. The van der Waals surface area contributed by atoms with Crippen molar-refractivity contribution in [1.29, 1.82) is 0 Å². The van der Waals surface area contributed by atoms with Crippen LogP contribution in [0.3, 0.4) is 0 Å². The molecule has 3 aromatic heterocycles. The molecule has 3 aromatic rings. The first-order chi connectivity index (χ1) is 10.6. The Morgan fingerprint density at radius 2 is 2.27 bits per heavy atom. The molecule has 0 radical (unpaired) electrons. The molecular weight excluding hydrogens is 280 g/mol. The van der Waals surface area contributed by atoms with E-state index in [9.17, 15) is 4.79 Å². The second-order valence-electron chi connectivity index (χ2n) is 5.42. The van der Waals surface area contributed by atoms with E-state index in [2.05, 4.69) is 10.1 Å². The zero-order valence-corrected chi connectivity index (χ0v) is 12.9. The molecule has 0 N–H and O–H groups in total. The van der Waals surface area contributed by atoms with E-state index in [0.29, 0.717) is 6.42 Å². The van der Waals surface area contributed by atoms with Crippen LogP contribution in [0.15, 0.2) is 41.4 Å². The molecule has 0 fully saturated rings. The molecule has 1 amide bonds. The Balaban J connectivity index is 1.80. The number of hydrogen-bond acceptors (Lipinski definition) is 4. The monoisotopic (exact) mass is 298 g/mol. The van der Waals surface area contributed by atoms with E-state index in [0.717, 1.165) is 22.6 Å². The number of aromatic nitrogens is 3. The third-order valence-electron chi connectivity index (χ3n) is 4.00. The number of fused-ring (bicyclic) bond motifs is 1. The first kappa shape index (κ1) is 14.3. The Labute approximate surface area is 128 Å². The SMILES string of the molecule is Cc1cccn2c(CC(=O)N(C)[C@H](C)c3ccon3)cnc12. The van der Waals surface area contributed by atoms with Crippen molar-refractivity contribution < 1.29 is 9.32 Å². The minimum atomic E-state index is -0.132. The van der Waals surface area contributed by atoms with Gasteiger partial charge in [0.1, 0.15) is 17.6 Å². The lowest BCUT2D eigenvalue weighted by Crippen LogP contribution is -2.31. The molecule has 6 nitrogen and oxygen atoms in total. The predicted molar refractivity (Wildman–Crippen MR) is 81.3 cm³/mol. The van der Waals surface area contributed by atoms with Crippen LogP contribution >= 0.6 is 0 Å². The van der Waals surface area contributed by atoms with Gasteiger partial charge < -0.3 is 13.8 Å². The standard InChI is InChI=1S/C16H18N4O2/c1-11-5-4-7-20-13(10-17-16(11)20)9-15(21)19(3)12(2)14-6-8-22-18-14/h4-8,10,12H,9H2,1-3H3/t12-/m1/s1. The number of amides is 1. The first-order valence-electron chi connectivity index (χ1n) is 7.15. The average molecular weight is 298 g/mol. The molecule has 22 heavy (non-hydrogen) atoms. The summed E-state index contributed by atoms with van der Waals surface area (Å²) >= 11 is 0. The average Bonchev–Trinajstić information content (AvgIpc) is 3.16. The molecule has 6 heteroatoms. The van der Waals surface area contributed by atoms with Crippen LogP contribution in [0.25, 0.3) is 5.65 Å². The van der Waals surface area contributed by atoms with Gasteiger partial charge in [0, 0.05) is 25.5 Å². The van der Waals surface area contributed by atoms with Crippen LogP contribution in [0.2, 0.25) is 0 Å². The smallest absolute Gasteiger partial charge is 0.228 e. The van der Waals surface area contributed by atoms with Crippen LogP contribution in [0, 0.1) is 6.92 Å². The van der Waals surface area contributed by atoms with Gasteiger partial charge in [0.15, 0.2) is 0 Å². The molecule has 3 heterocycles. The molecule has 0 saturated heterocycles. The summed E-state index contributed by atoms with van der Waals surface area (Å²) in [6, 6.07) is 5.60. The van der Waals surface area contributed by atoms with E-state index in [-0.39, 0.29) is 11.9 Å². The minimum absolute atomic E-state index is 0.0128. The van der Waals surface area contributed by atoms with E-state index in [1.54, 1.807) is 24.2 Å². The highest BCUT2D eigenvalue weighted by Crippen LogP contribution is 2.18. The number of pyridine rings is 1. The van der Waals surface area contributed by atoms with Crippen molar-refractivity contribution in [2.24, 2.45) is 0 Å². The van der Waals surface area contributed by atoms with Crippen LogP contribution in [0.1, 0.15) is 29.9 Å². The van der Waals surface area contributed by atoms with Crippen molar-refractivity contribution in [2.45, 2.75) is 26.3 Å². The fourth-order valence-corrected chi connectivity index (χ4v) is 2.46. The van der Waals surface area contributed by atoms with Crippen molar-refractivity contribution in [3.05, 3.63) is 53.8 Å². The quantitative estimate of drug-likeness (QED) is 0.742. The lowest BCUT2D eigenvalue weighted by Gasteiger charge is -2.23. The van der Waals surface area contributed by atoms with Crippen LogP contribution in [-0.2, 0) is 11.2 Å². The van der Waals surface area contributed by atoms with Gasteiger partial charge in [-0.05, 0) is 25.5 Å². The van der Waals surface area contributed by atoms with Gasteiger partial charge in [0.2, 0.25) is 5.91 Å². The van der Waals surface area contributed by atoms with Crippen LogP contribution in [-0.4, -0.2) is 32.4 Å². The van der Waals surface area contributed by atoms with E-state index in [4.69, 9.17) is 4.52 Å². The van der Waals surface area contributed by atoms with Crippen molar-refractivity contribution in [1.82, 2.24) is 19.4 Å². The molecule has 0 spiro atoms. The third kappa shape index (κ3) is 2.47. The van der Waals surface area contributed by atoms with Gasteiger partial charge in [-0.3, -0.25) is 4.79 Å². The molecule has 0 bridgehead atoms. The lowest BCUT2D eigenvalue weighted by atomic mass is 10.2. The summed E-state index contributed by atoms with van der Waals surface area (Å²) in [5.74, 6) is 0.0128. The van der Waals surface area contributed by atoms with Gasteiger partial charge in [-0.25, -0.2) is 4.98 Å². The maximum atomic E-state index is 12.5. The fraction of sp³-hybridized carbons (Fsp3) is 0.312. The topological polar surface area (TPSA) is 63.6 Å². The van der Waals surface area contributed by atoms with Gasteiger partial charge in [0.05, 0.1) is 18.2 Å². The van der Waals surface area contributed by atoms with Crippen molar-refractivity contribution >= 4 is 11.6 Å². The van der Waals surface area contributed by atoms with Gasteiger partial charge in [-0.1, -0.05) is 11.2 Å². The summed E-state index contributed by atoms with van der Waals surface area (Å²) in [6.45, 7) is 3.93. The Morgan fingerprint density at radius 1 is 1.45 bits per heavy atom. The zero-order chi connectivity index (χ0) is 15.7. The number of rotatable bonds is 4. The Kier molecular flexibility index (Phi) is 3.66. The number of nitrogens with zero attached hydrogens (tertiary/aromatic N) is 4. The van der Waals surface area contributed by atoms with Gasteiger partial charge in [-0.2, -0.15) is 0 Å². The third-order valence-corrected chi connectivity index (χ3v) is 4.00. The number of aryl methyl sites for hydroxylation is 1. The predicted octanol–water partition coefficient (Wildman–Crippen LogP) is 2.39. The highest BCUT2D eigenvalue weighted by molar-refractivity contribution is 5.78. The first-order valence-corrected chi connectivity index (χ1v) is 7.15. The second kappa shape index (κ2) is 5.63. The number of likely N-dealkylation sites (N-methyl/N-ethyl adjacent to an activating group) is 1. The normalized spacial score (nSPS) is 12.5. The molecule has 0 aromatic carbocycles. The van der Waals surface area contributed by atoms with E-state index < -0.39 is 0 Å². The molecule has 0 aliphatic rings. The van der Waals surface area contributed by atoms with Crippen LogP contribution in [0.5, 0.6) is 0 Å². The largest absolute Gasteiger partial charge is 0.364 e. The van der Waals surface area contributed by atoms with Crippen LogP contribution in [0.4, 0.5) is 0 Å². The summed E-state index contributed by atoms with van der Waals surface area (Å²) in [4.78, 5) is 18.6. The maximum Gasteiger partial charge on any atom is 0.228 e. The molecule has 0 saturated carbocycles. The van der Waals surface area contributed by atoms with E-state index in [1.807, 2.05) is 36.6 Å². The number of hydrogen-bond donors (Lipinski definition) is 0. The Morgan fingerprint density at radius 3 is 3.00 bits per heavy atom. The number of imidazole rings is 1. The summed E-state index contributed by atoms with van der Waals surface area (Å²) in [7, 11) is 1.77. The lowest BCUT2D eigenvalue weighted by molar-refractivity contribution is -0.131. The van der Waals surface area contributed by atoms with E-state index >= 15 is 0 Å². The Hall–Kier alpha value is -2.63. The minimum Gasteiger partial charge on any atom is -0.364 e. The second-order valence-corrected chi connectivity index (χ2v) is 5.42. The van der Waals surface area contributed by atoms with Crippen LogP contribution < -0.4 is 0 Å². The highest BCUT2D eigenvalue weighted by Gasteiger charge is 2.20. The summed E-state index contributed by atoms with van der Waals surface area (Å²) < 4.78 is 6.80. The summed E-state index contributed by atoms with van der Waals surface area (Å²) in [5.41, 5.74) is 3.59. The van der Waals surface area contributed by atoms with Crippen molar-refractivity contribution in [3.8, 4) is 0 Å². The van der Waals surface area contributed by atoms with Crippen molar-refractivity contribution in [2.75, 3.05) is 7.05 Å². The summed E-state index contributed by atoms with van der Waals surface area (Å²) in [6.07, 6.45) is 5.49. The van der Waals surface area contributed by atoms with E-state index in [1.165, 1.54) is 6.26 Å². The molecule has 1 atom stereocenters. The number of carbonyl (C=O) groups is 1. The maximum absolute atomic E-state index is 12.5. The molecule has 3 rings (SSSR count). The Bertz CT molecular complexity index is 792. The van der Waals surface area contributed by atoms with Gasteiger partial charge >= 0.3 is 0 Å². The molecule has 0 unspecified atom stereocenters. The van der Waals surface area contributed by atoms with Gasteiger partial charge in [-0.15, -0.1) is 0 Å². The molecule has 114 valence electrons. The fourth-order valence-electron chi connectivity index (χ4n) is 2.46. The highest BCUT2D eigenvalue weighted by atomic mass is 16.5. The van der Waals surface area contributed by atoms with Crippen molar-refractivity contribution in [3.63, 3.8) is 0 Å². The molecular formula is C16H18N4O2. The zero-order valence-electron chi connectivity index (χ0n) is 12.9. The molecule has 0 aliphatic heterocycles. The summed E-state index contributed by atoms with van der Waals surface area (Å²) in [5, 5.41) is 3.89. The number of carbonyl (C=O) groups excluding carboxylic acids is 1.